The molecule has 1 aliphatic rings. The lowest BCUT2D eigenvalue weighted by molar-refractivity contribution is -0.384. The highest BCUT2D eigenvalue weighted by Gasteiger charge is 2.19. The lowest BCUT2D eigenvalue weighted by Gasteiger charge is -2.30. The number of nitrogens with zero attached hydrogens (tertiary/aromatic N) is 4. The number of nitro groups is 1. The van der Waals surface area contributed by atoms with Crippen molar-refractivity contribution >= 4 is 17.1 Å². The maximum atomic E-state index is 11.3. The van der Waals surface area contributed by atoms with E-state index in [9.17, 15) is 10.1 Å². The van der Waals surface area contributed by atoms with Crippen LogP contribution in [0.2, 0.25) is 0 Å². The molecule has 0 bridgehead atoms. The first-order valence-corrected chi connectivity index (χ1v) is 9.61. The first kappa shape index (κ1) is 22.2. The van der Waals surface area contributed by atoms with Crippen molar-refractivity contribution in [2.75, 3.05) is 69.3 Å². The molecule has 1 aromatic carbocycles. The number of anilines is 2. The molecule has 26 heavy (non-hydrogen) atoms. The van der Waals surface area contributed by atoms with E-state index in [0.29, 0.717) is 5.69 Å². The van der Waals surface area contributed by atoms with Crippen molar-refractivity contribution in [1.82, 2.24) is 4.90 Å². The first-order valence-electron chi connectivity index (χ1n) is 9.61. The van der Waals surface area contributed by atoms with E-state index in [-0.39, 0.29) is 10.6 Å². The zero-order valence-corrected chi connectivity index (χ0v) is 16.9. The van der Waals surface area contributed by atoms with Crippen LogP contribution in [0.25, 0.3) is 0 Å². The highest BCUT2D eigenvalue weighted by atomic mass is 16.6. The topological polar surface area (TPSA) is 62.1 Å². The van der Waals surface area contributed by atoms with E-state index < -0.39 is 0 Å². The minimum absolute atomic E-state index is 0.170. The van der Waals surface area contributed by atoms with Gasteiger partial charge in [-0.2, -0.15) is 0 Å². The number of nitro benzene ring substituents is 1. The monoisotopic (exact) mass is 366 g/mol. The Morgan fingerprint density at radius 2 is 1.81 bits per heavy atom. The van der Waals surface area contributed by atoms with Crippen molar-refractivity contribution in [1.29, 1.82) is 0 Å². The van der Waals surface area contributed by atoms with Crippen LogP contribution >= 0.6 is 0 Å². The second-order valence-electron chi connectivity index (χ2n) is 5.98. The molecule has 2 rings (SSSR count). The highest BCUT2D eigenvalue weighted by Crippen LogP contribution is 2.32. The van der Waals surface area contributed by atoms with Crippen molar-refractivity contribution in [3.05, 3.63) is 28.3 Å². The smallest absolute Gasteiger partial charge is 0.292 e. The highest BCUT2D eigenvalue weighted by molar-refractivity contribution is 5.70. The summed E-state index contributed by atoms with van der Waals surface area (Å²) in [5.41, 5.74) is 1.88. The molecule has 1 aromatic rings. The second kappa shape index (κ2) is 11.7. The molecule has 1 saturated heterocycles. The number of ether oxygens (including phenoxy) is 1. The second-order valence-corrected chi connectivity index (χ2v) is 5.98. The summed E-state index contributed by atoms with van der Waals surface area (Å²) in [5.74, 6) is 0. The number of benzene rings is 1. The van der Waals surface area contributed by atoms with Crippen LogP contribution in [0.1, 0.15) is 27.7 Å². The van der Waals surface area contributed by atoms with E-state index in [1.54, 1.807) is 6.07 Å². The summed E-state index contributed by atoms with van der Waals surface area (Å²) < 4.78 is 5.37. The van der Waals surface area contributed by atoms with Gasteiger partial charge in [0.2, 0.25) is 0 Å². The third-order valence-corrected chi connectivity index (χ3v) is 4.56. The van der Waals surface area contributed by atoms with Gasteiger partial charge in [0, 0.05) is 58.1 Å². The van der Waals surface area contributed by atoms with Gasteiger partial charge in [0.1, 0.15) is 5.69 Å². The molecule has 0 radical (unpaired) electrons. The fourth-order valence-corrected chi connectivity index (χ4v) is 2.97. The summed E-state index contributed by atoms with van der Waals surface area (Å²) in [7, 11) is 2.04. The molecule has 0 N–H and O–H groups in total. The average Bonchev–Trinajstić information content (AvgIpc) is 2.69. The Bertz CT molecular complexity index is 544. The van der Waals surface area contributed by atoms with Crippen LogP contribution in [-0.4, -0.2) is 69.4 Å². The predicted molar refractivity (Wildman–Crippen MR) is 109 cm³/mol. The van der Waals surface area contributed by atoms with Gasteiger partial charge >= 0.3 is 0 Å². The number of morpholine rings is 1. The molecule has 0 aliphatic carbocycles. The van der Waals surface area contributed by atoms with Crippen LogP contribution in [-0.2, 0) is 4.74 Å². The third kappa shape index (κ3) is 6.14. The molecule has 0 amide bonds. The van der Waals surface area contributed by atoms with E-state index >= 15 is 0 Å². The molecule has 148 valence electrons. The molecule has 1 heterocycles. The number of hydrogen-bond donors (Lipinski definition) is 0. The minimum atomic E-state index is -0.300. The Kier molecular flexibility index (Phi) is 9.98. The molecule has 0 saturated carbocycles. The van der Waals surface area contributed by atoms with Gasteiger partial charge in [0.15, 0.2) is 0 Å². The van der Waals surface area contributed by atoms with Gasteiger partial charge in [0.25, 0.3) is 5.69 Å². The molecular weight excluding hydrogens is 332 g/mol. The SMILES string of the molecule is CC.CCN(CC)c1cc(N(C)CCN2CCOCC2)ccc1[N+](=O)[O-]. The summed E-state index contributed by atoms with van der Waals surface area (Å²) in [6.45, 7) is 14.9. The zero-order valence-electron chi connectivity index (χ0n) is 16.9. The number of rotatable bonds is 8. The van der Waals surface area contributed by atoms with E-state index in [1.165, 1.54) is 0 Å². The molecular formula is C19H34N4O3. The van der Waals surface area contributed by atoms with Crippen molar-refractivity contribution in [2.24, 2.45) is 0 Å². The molecule has 1 aliphatic heterocycles. The van der Waals surface area contributed by atoms with E-state index in [4.69, 9.17) is 4.74 Å². The maximum Gasteiger partial charge on any atom is 0.292 e. The minimum Gasteiger partial charge on any atom is -0.379 e. The lowest BCUT2D eigenvalue weighted by Crippen LogP contribution is -2.40. The summed E-state index contributed by atoms with van der Waals surface area (Å²) >= 11 is 0. The van der Waals surface area contributed by atoms with Gasteiger partial charge in [0.05, 0.1) is 18.1 Å². The largest absolute Gasteiger partial charge is 0.379 e. The summed E-state index contributed by atoms with van der Waals surface area (Å²) in [5, 5.41) is 11.3. The van der Waals surface area contributed by atoms with E-state index in [1.807, 2.05) is 51.8 Å². The number of hydrogen-bond acceptors (Lipinski definition) is 6. The molecule has 0 spiro atoms. The van der Waals surface area contributed by atoms with Crippen LogP contribution in [0.4, 0.5) is 17.1 Å². The van der Waals surface area contributed by atoms with Gasteiger partial charge in [-0.15, -0.1) is 0 Å². The van der Waals surface area contributed by atoms with Gasteiger partial charge in [-0.25, -0.2) is 0 Å². The fraction of sp³-hybridized carbons (Fsp3) is 0.684. The van der Waals surface area contributed by atoms with Crippen LogP contribution < -0.4 is 9.80 Å². The van der Waals surface area contributed by atoms with Gasteiger partial charge < -0.3 is 14.5 Å². The number of likely N-dealkylation sites (N-methyl/N-ethyl adjacent to an activating group) is 1. The fourth-order valence-electron chi connectivity index (χ4n) is 2.97. The quantitative estimate of drug-likeness (QED) is 0.520. The Hall–Kier alpha value is -1.86. The Balaban J connectivity index is 0.00000163. The first-order chi connectivity index (χ1) is 12.6. The third-order valence-electron chi connectivity index (χ3n) is 4.56. The van der Waals surface area contributed by atoms with Crippen molar-refractivity contribution in [2.45, 2.75) is 27.7 Å². The van der Waals surface area contributed by atoms with Crippen LogP contribution in [0.3, 0.4) is 0 Å². The maximum absolute atomic E-state index is 11.3. The average molecular weight is 367 g/mol. The van der Waals surface area contributed by atoms with E-state index in [2.05, 4.69) is 9.80 Å². The Morgan fingerprint density at radius 3 is 2.35 bits per heavy atom. The normalized spacial score (nSPS) is 14.3. The molecule has 0 aromatic heterocycles. The molecule has 0 atom stereocenters. The lowest BCUT2D eigenvalue weighted by atomic mass is 10.2. The van der Waals surface area contributed by atoms with Crippen molar-refractivity contribution < 1.29 is 9.66 Å². The summed E-state index contributed by atoms with van der Waals surface area (Å²) in [4.78, 5) is 17.6. The standard InChI is InChI=1S/C17H28N4O3.C2H6/c1-4-20(5-2)17-14-15(6-7-16(17)21(22)23)18(3)8-9-19-10-12-24-13-11-19;1-2/h6-7,14H,4-5,8-13H2,1-3H3;1-2H3. The van der Waals surface area contributed by atoms with Crippen LogP contribution in [0.5, 0.6) is 0 Å². The molecule has 1 fully saturated rings. The van der Waals surface area contributed by atoms with Gasteiger partial charge in [-0.05, 0) is 26.0 Å². The molecule has 7 nitrogen and oxygen atoms in total. The summed E-state index contributed by atoms with van der Waals surface area (Å²) in [6, 6.07) is 5.39. The van der Waals surface area contributed by atoms with E-state index in [0.717, 1.165) is 58.2 Å². The predicted octanol–water partition coefficient (Wildman–Crippen LogP) is 3.24. The molecule has 7 heteroatoms. The van der Waals surface area contributed by atoms with Crippen LogP contribution in [0, 0.1) is 10.1 Å². The van der Waals surface area contributed by atoms with Crippen LogP contribution in [0.15, 0.2) is 18.2 Å². The van der Waals surface area contributed by atoms with Crippen molar-refractivity contribution in [3.8, 4) is 0 Å². The van der Waals surface area contributed by atoms with Gasteiger partial charge in [-0.1, -0.05) is 13.8 Å². The Labute approximate surface area is 157 Å². The Morgan fingerprint density at radius 1 is 1.19 bits per heavy atom. The summed E-state index contributed by atoms with van der Waals surface area (Å²) in [6.07, 6.45) is 0. The zero-order chi connectivity index (χ0) is 19.5. The van der Waals surface area contributed by atoms with Crippen molar-refractivity contribution in [3.63, 3.8) is 0 Å². The van der Waals surface area contributed by atoms with Gasteiger partial charge in [-0.3, -0.25) is 15.0 Å². The molecule has 0 unspecified atom stereocenters.